The zero-order valence-electron chi connectivity index (χ0n) is 17.3. The summed E-state index contributed by atoms with van der Waals surface area (Å²) >= 11 is 0. The SMILES string of the molecule is COC(=O)c1ccccc1C(=O)N(Cc1ccccn1)[C@H](C)CCc1ccccc1. The van der Waals surface area contributed by atoms with Crippen molar-refractivity contribution in [3.63, 3.8) is 0 Å². The second kappa shape index (κ2) is 10.3. The molecule has 0 aliphatic heterocycles. The maximum Gasteiger partial charge on any atom is 0.338 e. The summed E-state index contributed by atoms with van der Waals surface area (Å²) in [5.74, 6) is -0.726. The van der Waals surface area contributed by atoms with Crippen LogP contribution in [0.25, 0.3) is 0 Å². The van der Waals surface area contributed by atoms with Crippen molar-refractivity contribution >= 4 is 11.9 Å². The predicted molar refractivity (Wildman–Crippen MR) is 116 cm³/mol. The van der Waals surface area contributed by atoms with E-state index in [1.54, 1.807) is 35.4 Å². The minimum absolute atomic E-state index is 0.0505. The highest BCUT2D eigenvalue weighted by atomic mass is 16.5. The summed E-state index contributed by atoms with van der Waals surface area (Å²) in [4.78, 5) is 31.9. The molecule has 3 rings (SSSR count). The summed E-state index contributed by atoms with van der Waals surface area (Å²) in [5.41, 5.74) is 2.63. The quantitative estimate of drug-likeness (QED) is 0.520. The number of nitrogens with zero attached hydrogens (tertiary/aromatic N) is 2. The van der Waals surface area contributed by atoms with Crippen LogP contribution in [0.3, 0.4) is 0 Å². The normalized spacial score (nSPS) is 11.5. The number of rotatable bonds is 8. The third kappa shape index (κ3) is 5.32. The van der Waals surface area contributed by atoms with Crippen LogP contribution >= 0.6 is 0 Å². The molecule has 5 heteroatoms. The molecule has 0 radical (unpaired) electrons. The molecule has 154 valence electrons. The fourth-order valence-corrected chi connectivity index (χ4v) is 3.38. The number of carbonyl (C=O) groups is 2. The Morgan fingerprint density at radius 3 is 2.27 bits per heavy atom. The molecule has 0 aliphatic carbocycles. The van der Waals surface area contributed by atoms with Gasteiger partial charge in [0.2, 0.25) is 0 Å². The van der Waals surface area contributed by atoms with Gasteiger partial charge in [0.15, 0.2) is 0 Å². The van der Waals surface area contributed by atoms with E-state index in [0.717, 1.165) is 18.5 Å². The molecule has 0 N–H and O–H groups in total. The van der Waals surface area contributed by atoms with Gasteiger partial charge in [0.1, 0.15) is 0 Å². The Labute approximate surface area is 177 Å². The van der Waals surface area contributed by atoms with Gasteiger partial charge in [-0.1, -0.05) is 48.5 Å². The van der Waals surface area contributed by atoms with Gasteiger partial charge in [0, 0.05) is 12.2 Å². The molecule has 0 aliphatic rings. The van der Waals surface area contributed by atoms with E-state index >= 15 is 0 Å². The van der Waals surface area contributed by atoms with Crippen molar-refractivity contribution in [3.8, 4) is 0 Å². The topological polar surface area (TPSA) is 59.5 Å². The molecule has 0 fully saturated rings. The summed E-state index contributed by atoms with van der Waals surface area (Å²) < 4.78 is 4.87. The Bertz CT molecular complexity index is 974. The highest BCUT2D eigenvalue weighted by Crippen LogP contribution is 2.19. The minimum atomic E-state index is -0.520. The first-order valence-electron chi connectivity index (χ1n) is 10.0. The molecular weight excluding hydrogens is 376 g/mol. The molecule has 1 atom stereocenters. The van der Waals surface area contributed by atoms with Crippen molar-refractivity contribution in [3.05, 3.63) is 101 Å². The van der Waals surface area contributed by atoms with Crippen LogP contribution in [0.4, 0.5) is 0 Å². The van der Waals surface area contributed by atoms with E-state index in [9.17, 15) is 9.59 Å². The molecule has 1 heterocycles. The first-order valence-corrected chi connectivity index (χ1v) is 10.0. The number of aromatic nitrogens is 1. The Morgan fingerprint density at radius 2 is 1.60 bits per heavy atom. The van der Waals surface area contributed by atoms with Crippen molar-refractivity contribution in [2.75, 3.05) is 7.11 Å². The molecule has 1 amide bonds. The van der Waals surface area contributed by atoms with E-state index in [0.29, 0.717) is 12.1 Å². The lowest BCUT2D eigenvalue weighted by molar-refractivity contribution is 0.0579. The number of esters is 1. The first kappa shape index (κ1) is 21.2. The molecule has 0 unspecified atom stereocenters. The highest BCUT2D eigenvalue weighted by molar-refractivity contribution is 6.05. The van der Waals surface area contributed by atoms with Crippen LogP contribution in [0.15, 0.2) is 79.0 Å². The van der Waals surface area contributed by atoms with Gasteiger partial charge in [-0.2, -0.15) is 0 Å². The van der Waals surface area contributed by atoms with Crippen LogP contribution in [0.2, 0.25) is 0 Å². The first-order chi connectivity index (χ1) is 14.6. The third-order valence-corrected chi connectivity index (χ3v) is 5.11. The molecular formula is C25H26N2O3. The van der Waals surface area contributed by atoms with Gasteiger partial charge >= 0.3 is 5.97 Å². The summed E-state index contributed by atoms with van der Waals surface area (Å²) in [5, 5.41) is 0. The summed E-state index contributed by atoms with van der Waals surface area (Å²) in [6, 6.07) is 22.6. The van der Waals surface area contributed by atoms with E-state index in [-0.39, 0.29) is 17.5 Å². The second-order valence-corrected chi connectivity index (χ2v) is 7.16. The summed E-state index contributed by atoms with van der Waals surface area (Å²) in [7, 11) is 1.32. The van der Waals surface area contributed by atoms with Crippen molar-refractivity contribution < 1.29 is 14.3 Å². The fraction of sp³-hybridized carbons (Fsp3) is 0.240. The van der Waals surface area contributed by atoms with Gasteiger partial charge in [0.25, 0.3) is 5.91 Å². The Morgan fingerprint density at radius 1 is 0.933 bits per heavy atom. The average Bonchev–Trinajstić information content (AvgIpc) is 2.81. The van der Waals surface area contributed by atoms with E-state index in [2.05, 4.69) is 17.1 Å². The molecule has 5 nitrogen and oxygen atoms in total. The molecule has 3 aromatic rings. The largest absolute Gasteiger partial charge is 0.465 e. The number of carbonyl (C=O) groups excluding carboxylic acids is 2. The van der Waals surface area contributed by atoms with Crippen LogP contribution < -0.4 is 0 Å². The predicted octanol–water partition coefficient (Wildman–Crippen LogP) is 4.53. The molecule has 2 aromatic carbocycles. The van der Waals surface area contributed by atoms with Gasteiger partial charge in [-0.05, 0) is 49.6 Å². The number of hydrogen-bond donors (Lipinski definition) is 0. The molecule has 0 spiro atoms. The number of hydrogen-bond acceptors (Lipinski definition) is 4. The molecule has 0 saturated carbocycles. The maximum atomic E-state index is 13.5. The maximum absolute atomic E-state index is 13.5. The van der Waals surface area contributed by atoms with Gasteiger partial charge in [0.05, 0.1) is 30.5 Å². The molecule has 1 aromatic heterocycles. The number of amides is 1. The van der Waals surface area contributed by atoms with Crippen molar-refractivity contribution in [1.82, 2.24) is 9.88 Å². The standard InChI is InChI=1S/C25H26N2O3/c1-19(15-16-20-10-4-3-5-11-20)27(18-21-12-8-9-17-26-21)24(28)22-13-6-7-14-23(22)25(29)30-2/h3-14,17,19H,15-16,18H2,1-2H3/t19-/m1/s1. The smallest absolute Gasteiger partial charge is 0.338 e. The Kier molecular flexibility index (Phi) is 7.33. The Balaban J connectivity index is 1.87. The van der Waals surface area contributed by atoms with E-state index < -0.39 is 5.97 Å². The molecule has 30 heavy (non-hydrogen) atoms. The number of ether oxygens (including phenoxy) is 1. The second-order valence-electron chi connectivity index (χ2n) is 7.16. The molecule has 0 saturated heterocycles. The number of benzene rings is 2. The fourth-order valence-electron chi connectivity index (χ4n) is 3.38. The zero-order chi connectivity index (χ0) is 21.3. The van der Waals surface area contributed by atoms with Crippen LogP contribution in [0.5, 0.6) is 0 Å². The van der Waals surface area contributed by atoms with Gasteiger partial charge in [-0.3, -0.25) is 9.78 Å². The average molecular weight is 402 g/mol. The lowest BCUT2D eigenvalue weighted by Crippen LogP contribution is -2.39. The van der Waals surface area contributed by atoms with Crippen molar-refractivity contribution in [1.29, 1.82) is 0 Å². The van der Waals surface area contributed by atoms with Gasteiger partial charge in [-0.25, -0.2) is 4.79 Å². The lowest BCUT2D eigenvalue weighted by Gasteiger charge is -2.30. The number of methoxy groups -OCH3 is 1. The Hall–Kier alpha value is -3.47. The zero-order valence-corrected chi connectivity index (χ0v) is 17.3. The monoisotopic (exact) mass is 402 g/mol. The summed E-state index contributed by atoms with van der Waals surface area (Å²) in [6.07, 6.45) is 3.37. The van der Waals surface area contributed by atoms with E-state index in [4.69, 9.17) is 4.74 Å². The van der Waals surface area contributed by atoms with Crippen LogP contribution in [-0.4, -0.2) is 34.9 Å². The van der Waals surface area contributed by atoms with Crippen molar-refractivity contribution in [2.45, 2.75) is 32.4 Å². The van der Waals surface area contributed by atoms with E-state index in [1.807, 2.05) is 43.3 Å². The van der Waals surface area contributed by atoms with Crippen LogP contribution in [0, 0.1) is 0 Å². The molecule has 0 bridgehead atoms. The van der Waals surface area contributed by atoms with Crippen LogP contribution in [0.1, 0.15) is 45.3 Å². The minimum Gasteiger partial charge on any atom is -0.465 e. The number of aryl methyl sites for hydroxylation is 1. The van der Waals surface area contributed by atoms with E-state index in [1.165, 1.54) is 12.7 Å². The third-order valence-electron chi connectivity index (χ3n) is 5.11. The summed E-state index contributed by atoms with van der Waals surface area (Å²) in [6.45, 7) is 2.40. The van der Waals surface area contributed by atoms with Gasteiger partial charge < -0.3 is 9.64 Å². The highest BCUT2D eigenvalue weighted by Gasteiger charge is 2.26. The van der Waals surface area contributed by atoms with Crippen LogP contribution in [-0.2, 0) is 17.7 Å². The van der Waals surface area contributed by atoms with Crippen molar-refractivity contribution in [2.24, 2.45) is 0 Å². The lowest BCUT2D eigenvalue weighted by atomic mass is 10.0. The van der Waals surface area contributed by atoms with Gasteiger partial charge in [-0.15, -0.1) is 0 Å². The number of pyridine rings is 1.